The summed E-state index contributed by atoms with van der Waals surface area (Å²) in [5.41, 5.74) is 8.56. The van der Waals surface area contributed by atoms with Crippen LogP contribution < -0.4 is 11.1 Å². The van der Waals surface area contributed by atoms with Crippen molar-refractivity contribution in [2.75, 3.05) is 25.0 Å². The third-order valence-corrected chi connectivity index (χ3v) is 4.05. The summed E-state index contributed by atoms with van der Waals surface area (Å²) in [4.78, 5) is 25.4. The highest BCUT2D eigenvalue weighted by molar-refractivity contribution is 5.92. The number of nitrogens with one attached hydrogen (secondary N) is 1. The average Bonchev–Trinajstić information content (AvgIpc) is 2.93. The van der Waals surface area contributed by atoms with Crippen LogP contribution in [0, 0.1) is 13.8 Å². The summed E-state index contributed by atoms with van der Waals surface area (Å²) in [5, 5.41) is 7.36. The number of hydrogen-bond donors (Lipinski definition) is 2. The van der Waals surface area contributed by atoms with Gasteiger partial charge in [0.05, 0.1) is 30.2 Å². The number of anilines is 1. The summed E-state index contributed by atoms with van der Waals surface area (Å²) in [6, 6.07) is 9.10. The van der Waals surface area contributed by atoms with Gasteiger partial charge in [-0.15, -0.1) is 0 Å². The van der Waals surface area contributed by atoms with Gasteiger partial charge < -0.3 is 20.7 Å². The van der Waals surface area contributed by atoms with Crippen molar-refractivity contribution in [1.82, 2.24) is 14.7 Å². The lowest BCUT2D eigenvalue weighted by molar-refractivity contribution is -0.133. The molecule has 2 aromatic rings. The minimum absolute atomic E-state index is 0.142. The number of carbonyl (C=O) groups is 2. The zero-order valence-corrected chi connectivity index (χ0v) is 14.2. The first-order chi connectivity index (χ1) is 12.0. The van der Waals surface area contributed by atoms with Crippen LogP contribution >= 0.6 is 0 Å². The second-order valence-corrected chi connectivity index (χ2v) is 5.99. The number of amides is 3. The molecule has 1 saturated heterocycles. The molecule has 1 unspecified atom stereocenters. The molecule has 3 rings (SSSR count). The van der Waals surface area contributed by atoms with E-state index in [-0.39, 0.29) is 19.2 Å². The summed E-state index contributed by atoms with van der Waals surface area (Å²) in [7, 11) is 0. The fourth-order valence-corrected chi connectivity index (χ4v) is 2.84. The van der Waals surface area contributed by atoms with Crippen LogP contribution in [0.3, 0.4) is 0 Å². The standard InChI is InChI=1S/C17H21N5O3/c1-11-9-12(2)22(20-11)14-6-4-3-5-13(14)19-17(24)21-7-8-25-15(10-21)16(18)23/h3-6,9,15H,7-8,10H2,1-2H3,(H2,18,23)(H,19,24). The van der Waals surface area contributed by atoms with E-state index in [4.69, 9.17) is 10.5 Å². The monoisotopic (exact) mass is 343 g/mol. The van der Waals surface area contributed by atoms with Crippen molar-refractivity contribution in [3.05, 3.63) is 41.7 Å². The van der Waals surface area contributed by atoms with Gasteiger partial charge in [-0.3, -0.25) is 4.79 Å². The number of rotatable bonds is 3. The van der Waals surface area contributed by atoms with Gasteiger partial charge in [-0.25, -0.2) is 9.48 Å². The summed E-state index contributed by atoms with van der Waals surface area (Å²) < 4.78 is 7.06. The second kappa shape index (κ2) is 6.94. The number of aryl methyl sites for hydroxylation is 2. The van der Waals surface area contributed by atoms with E-state index in [2.05, 4.69) is 10.4 Å². The number of benzene rings is 1. The number of urea groups is 1. The highest BCUT2D eigenvalue weighted by Crippen LogP contribution is 2.22. The highest BCUT2D eigenvalue weighted by Gasteiger charge is 2.28. The molecule has 8 heteroatoms. The molecule has 0 aliphatic carbocycles. The van der Waals surface area contributed by atoms with Crippen LogP contribution in [0.5, 0.6) is 0 Å². The number of nitrogens with zero attached hydrogens (tertiary/aromatic N) is 3. The van der Waals surface area contributed by atoms with E-state index in [1.54, 1.807) is 4.68 Å². The van der Waals surface area contributed by atoms with Crippen molar-refractivity contribution < 1.29 is 14.3 Å². The lowest BCUT2D eigenvalue weighted by atomic mass is 10.2. The SMILES string of the molecule is Cc1cc(C)n(-c2ccccc2NC(=O)N2CCOC(C(N)=O)C2)n1. The molecule has 1 aromatic carbocycles. The van der Waals surface area contributed by atoms with Gasteiger partial charge in [-0.2, -0.15) is 5.10 Å². The predicted octanol–water partition coefficient (Wildman–Crippen LogP) is 1.21. The molecular weight excluding hydrogens is 322 g/mol. The number of primary amides is 1. The fourth-order valence-electron chi connectivity index (χ4n) is 2.84. The maximum absolute atomic E-state index is 12.6. The second-order valence-electron chi connectivity index (χ2n) is 5.99. The summed E-state index contributed by atoms with van der Waals surface area (Å²) >= 11 is 0. The highest BCUT2D eigenvalue weighted by atomic mass is 16.5. The summed E-state index contributed by atoms with van der Waals surface area (Å²) in [5.74, 6) is -0.569. The van der Waals surface area contributed by atoms with Crippen molar-refractivity contribution in [3.63, 3.8) is 0 Å². The first-order valence-electron chi connectivity index (χ1n) is 8.05. The number of nitrogens with two attached hydrogens (primary N) is 1. The zero-order valence-electron chi connectivity index (χ0n) is 14.2. The van der Waals surface area contributed by atoms with Crippen LogP contribution in [-0.4, -0.2) is 52.4 Å². The molecule has 0 bridgehead atoms. The number of aromatic nitrogens is 2. The molecule has 1 atom stereocenters. The van der Waals surface area contributed by atoms with Crippen LogP contribution in [0.15, 0.2) is 30.3 Å². The van der Waals surface area contributed by atoms with Crippen LogP contribution in [0.1, 0.15) is 11.4 Å². The van der Waals surface area contributed by atoms with Gasteiger partial charge in [-0.05, 0) is 32.0 Å². The number of ether oxygens (including phenoxy) is 1. The van der Waals surface area contributed by atoms with Crippen molar-refractivity contribution in [1.29, 1.82) is 0 Å². The van der Waals surface area contributed by atoms with Crippen LogP contribution in [0.25, 0.3) is 5.69 Å². The number of carbonyl (C=O) groups excluding carboxylic acids is 2. The van der Waals surface area contributed by atoms with Gasteiger partial charge in [0, 0.05) is 12.2 Å². The minimum atomic E-state index is -0.772. The molecule has 3 amide bonds. The minimum Gasteiger partial charge on any atom is -0.367 e. The molecule has 132 valence electrons. The Bertz CT molecular complexity index is 801. The van der Waals surface area contributed by atoms with Gasteiger partial charge in [0.2, 0.25) is 5.91 Å². The van der Waals surface area contributed by atoms with Crippen LogP contribution in [-0.2, 0) is 9.53 Å². The topological polar surface area (TPSA) is 102 Å². The maximum atomic E-state index is 12.6. The Hall–Kier alpha value is -2.87. The van der Waals surface area contributed by atoms with E-state index in [0.717, 1.165) is 17.1 Å². The van der Waals surface area contributed by atoms with Gasteiger partial charge in [0.15, 0.2) is 6.10 Å². The molecule has 0 radical (unpaired) electrons. The number of morpholine rings is 1. The molecular formula is C17H21N5O3. The molecule has 3 N–H and O–H groups in total. The van der Waals surface area contributed by atoms with E-state index in [0.29, 0.717) is 12.2 Å². The largest absolute Gasteiger partial charge is 0.367 e. The third-order valence-electron chi connectivity index (χ3n) is 4.05. The first kappa shape index (κ1) is 17.0. The van der Waals surface area contributed by atoms with Crippen molar-refractivity contribution in [2.24, 2.45) is 5.73 Å². The summed E-state index contributed by atoms with van der Waals surface area (Å²) in [6.07, 6.45) is -0.772. The smallest absolute Gasteiger partial charge is 0.322 e. The van der Waals surface area contributed by atoms with Crippen LogP contribution in [0.4, 0.5) is 10.5 Å². The van der Waals surface area contributed by atoms with E-state index >= 15 is 0 Å². The van der Waals surface area contributed by atoms with Gasteiger partial charge in [0.25, 0.3) is 0 Å². The quantitative estimate of drug-likeness (QED) is 0.874. The molecule has 1 aromatic heterocycles. The van der Waals surface area contributed by atoms with Crippen molar-refractivity contribution in [3.8, 4) is 5.69 Å². The predicted molar refractivity (Wildman–Crippen MR) is 92.6 cm³/mol. The molecule has 1 aliphatic heterocycles. The van der Waals surface area contributed by atoms with Gasteiger partial charge >= 0.3 is 6.03 Å². The molecule has 25 heavy (non-hydrogen) atoms. The number of hydrogen-bond acceptors (Lipinski definition) is 4. The Balaban J connectivity index is 1.80. The van der Waals surface area contributed by atoms with Crippen LogP contribution in [0.2, 0.25) is 0 Å². The van der Waals surface area contributed by atoms with Gasteiger partial charge in [-0.1, -0.05) is 12.1 Å². The van der Waals surface area contributed by atoms with E-state index < -0.39 is 12.0 Å². The average molecular weight is 343 g/mol. The normalized spacial score (nSPS) is 17.4. The number of para-hydroxylation sites is 2. The Morgan fingerprint density at radius 3 is 2.76 bits per heavy atom. The lowest BCUT2D eigenvalue weighted by Gasteiger charge is -2.31. The lowest BCUT2D eigenvalue weighted by Crippen LogP contribution is -2.51. The van der Waals surface area contributed by atoms with Crippen molar-refractivity contribution >= 4 is 17.6 Å². The van der Waals surface area contributed by atoms with E-state index in [9.17, 15) is 9.59 Å². The van der Waals surface area contributed by atoms with Crippen molar-refractivity contribution in [2.45, 2.75) is 20.0 Å². The molecule has 1 fully saturated rings. The molecule has 1 aliphatic rings. The first-order valence-corrected chi connectivity index (χ1v) is 8.05. The Morgan fingerprint density at radius 1 is 1.32 bits per heavy atom. The maximum Gasteiger partial charge on any atom is 0.322 e. The van der Waals surface area contributed by atoms with Gasteiger partial charge in [0.1, 0.15) is 0 Å². The Morgan fingerprint density at radius 2 is 2.08 bits per heavy atom. The Labute approximate surface area is 145 Å². The van der Waals surface area contributed by atoms with E-state index in [1.165, 1.54) is 4.90 Å². The zero-order chi connectivity index (χ0) is 18.0. The molecule has 8 nitrogen and oxygen atoms in total. The Kier molecular flexibility index (Phi) is 4.71. The summed E-state index contributed by atoms with van der Waals surface area (Å²) in [6.45, 7) is 4.70. The molecule has 0 spiro atoms. The third kappa shape index (κ3) is 3.63. The molecule has 0 saturated carbocycles. The van der Waals surface area contributed by atoms with E-state index in [1.807, 2.05) is 44.2 Å². The molecule has 2 heterocycles. The fraction of sp³-hybridized carbons (Fsp3) is 0.353.